The maximum atomic E-state index is 12.2. The molecule has 4 amide bonds. The van der Waals surface area contributed by atoms with E-state index in [-0.39, 0.29) is 13.1 Å². The van der Waals surface area contributed by atoms with Crippen molar-refractivity contribution >= 4 is 40.5 Å². The summed E-state index contributed by atoms with van der Waals surface area (Å²) in [5.74, 6) is -1.51. The molecule has 7 nitrogen and oxygen atoms in total. The van der Waals surface area contributed by atoms with Crippen LogP contribution in [0.2, 0.25) is 0 Å². The molecule has 1 atom stereocenters. The summed E-state index contributed by atoms with van der Waals surface area (Å²) < 4.78 is 0. The zero-order valence-corrected chi connectivity index (χ0v) is 15.8. The predicted octanol–water partition coefficient (Wildman–Crippen LogP) is 1.91. The van der Waals surface area contributed by atoms with Crippen molar-refractivity contribution in [3.8, 4) is 9.75 Å². The molecular weight excluding hydrogens is 374 g/mol. The fourth-order valence-electron chi connectivity index (χ4n) is 2.63. The minimum Gasteiger partial charge on any atom is -0.386 e. The number of amides is 4. The van der Waals surface area contributed by atoms with E-state index in [4.69, 9.17) is 0 Å². The van der Waals surface area contributed by atoms with E-state index in [0.29, 0.717) is 13.1 Å². The van der Waals surface area contributed by atoms with Gasteiger partial charge in [-0.15, -0.1) is 22.7 Å². The predicted molar refractivity (Wildman–Crippen MR) is 100.0 cm³/mol. The highest BCUT2D eigenvalue weighted by Crippen LogP contribution is 2.33. The molecule has 3 rings (SSSR count). The van der Waals surface area contributed by atoms with Crippen LogP contribution in [0.25, 0.3) is 9.75 Å². The SMILES string of the molecule is CCN1CCN(C(=O)NCC(O)c2ccc(-c3cccs3)s2)C(=O)C1=O. The lowest BCUT2D eigenvalue weighted by molar-refractivity contribution is -0.153. The molecule has 26 heavy (non-hydrogen) atoms. The van der Waals surface area contributed by atoms with Gasteiger partial charge in [-0.1, -0.05) is 6.07 Å². The Balaban J connectivity index is 1.56. The first-order valence-electron chi connectivity index (χ1n) is 8.21. The second kappa shape index (κ2) is 7.98. The number of piperazine rings is 1. The van der Waals surface area contributed by atoms with Crippen LogP contribution in [0.3, 0.4) is 0 Å². The van der Waals surface area contributed by atoms with Crippen molar-refractivity contribution in [2.24, 2.45) is 0 Å². The third-order valence-corrected chi connectivity index (χ3v) is 6.35. The van der Waals surface area contributed by atoms with Crippen LogP contribution in [0.1, 0.15) is 17.9 Å². The molecule has 2 N–H and O–H groups in total. The van der Waals surface area contributed by atoms with Gasteiger partial charge in [-0.25, -0.2) is 4.79 Å². The Labute approximate surface area is 158 Å². The van der Waals surface area contributed by atoms with Crippen molar-refractivity contribution in [1.29, 1.82) is 0 Å². The van der Waals surface area contributed by atoms with Gasteiger partial charge in [0.2, 0.25) is 0 Å². The third-order valence-electron chi connectivity index (χ3n) is 4.10. The largest absolute Gasteiger partial charge is 0.386 e. The first kappa shape index (κ1) is 18.6. The van der Waals surface area contributed by atoms with Crippen LogP contribution in [0.5, 0.6) is 0 Å². The molecule has 1 fully saturated rings. The van der Waals surface area contributed by atoms with Crippen LogP contribution in [0, 0.1) is 0 Å². The van der Waals surface area contributed by atoms with Crippen molar-refractivity contribution in [2.45, 2.75) is 13.0 Å². The highest BCUT2D eigenvalue weighted by molar-refractivity contribution is 7.21. The van der Waals surface area contributed by atoms with Crippen LogP contribution >= 0.6 is 22.7 Å². The van der Waals surface area contributed by atoms with E-state index in [2.05, 4.69) is 5.32 Å². The second-order valence-electron chi connectivity index (χ2n) is 5.72. The standard InChI is InChI=1S/C17H19N3O4S2/c1-2-19-7-8-20(16(23)15(19)22)17(24)18-10-11(21)12-5-6-14(26-12)13-4-3-9-25-13/h3-6,9,11,21H,2,7-8,10H2,1H3,(H,18,24). The van der Waals surface area contributed by atoms with E-state index in [1.807, 2.05) is 29.6 Å². The summed E-state index contributed by atoms with van der Waals surface area (Å²) in [6.45, 7) is 2.67. The molecule has 3 heterocycles. The first-order chi connectivity index (χ1) is 12.5. The molecule has 2 aromatic heterocycles. The molecule has 1 aliphatic heterocycles. The topological polar surface area (TPSA) is 89.9 Å². The Kier molecular flexibility index (Phi) is 5.70. The van der Waals surface area contributed by atoms with E-state index in [1.54, 1.807) is 18.3 Å². The monoisotopic (exact) mass is 393 g/mol. The fourth-order valence-corrected chi connectivity index (χ4v) is 4.46. The van der Waals surface area contributed by atoms with E-state index in [1.165, 1.54) is 16.2 Å². The van der Waals surface area contributed by atoms with Crippen LogP contribution < -0.4 is 5.32 Å². The second-order valence-corrected chi connectivity index (χ2v) is 7.79. The average molecular weight is 393 g/mol. The molecule has 0 bridgehead atoms. The minimum atomic E-state index is -0.875. The molecule has 138 valence electrons. The van der Waals surface area contributed by atoms with Crippen LogP contribution in [0.4, 0.5) is 4.79 Å². The molecule has 0 aromatic carbocycles. The van der Waals surface area contributed by atoms with E-state index < -0.39 is 23.9 Å². The Morgan fingerprint density at radius 2 is 2.04 bits per heavy atom. The van der Waals surface area contributed by atoms with Gasteiger partial charge in [0.15, 0.2) is 0 Å². The van der Waals surface area contributed by atoms with Crippen molar-refractivity contribution in [1.82, 2.24) is 15.1 Å². The number of thiophene rings is 2. The van der Waals surface area contributed by atoms with Gasteiger partial charge in [0.25, 0.3) is 0 Å². The molecule has 0 spiro atoms. The number of hydrogen-bond donors (Lipinski definition) is 2. The number of aliphatic hydroxyl groups is 1. The van der Waals surface area contributed by atoms with Gasteiger partial charge in [0, 0.05) is 34.3 Å². The summed E-state index contributed by atoms with van der Waals surface area (Å²) in [6, 6.07) is 7.07. The van der Waals surface area contributed by atoms with E-state index >= 15 is 0 Å². The maximum Gasteiger partial charge on any atom is 0.324 e. The number of aliphatic hydroxyl groups excluding tert-OH is 1. The van der Waals surface area contributed by atoms with Crippen molar-refractivity contribution in [3.05, 3.63) is 34.5 Å². The number of rotatable bonds is 5. The summed E-state index contributed by atoms with van der Waals surface area (Å²) in [4.78, 5) is 41.2. The Morgan fingerprint density at radius 3 is 2.73 bits per heavy atom. The van der Waals surface area contributed by atoms with Crippen LogP contribution in [-0.4, -0.2) is 58.9 Å². The van der Waals surface area contributed by atoms with Crippen LogP contribution in [0.15, 0.2) is 29.6 Å². The van der Waals surface area contributed by atoms with Gasteiger partial charge >= 0.3 is 17.8 Å². The number of nitrogens with one attached hydrogen (secondary N) is 1. The van der Waals surface area contributed by atoms with Gasteiger partial charge in [0.1, 0.15) is 6.10 Å². The number of hydrogen-bond acceptors (Lipinski definition) is 6. The molecule has 2 aromatic rings. The van der Waals surface area contributed by atoms with Gasteiger partial charge in [-0.3, -0.25) is 14.5 Å². The number of imide groups is 1. The van der Waals surface area contributed by atoms with Gasteiger partial charge in [0.05, 0.1) is 6.54 Å². The smallest absolute Gasteiger partial charge is 0.324 e. The third kappa shape index (κ3) is 3.79. The first-order valence-corrected chi connectivity index (χ1v) is 9.91. The lowest BCUT2D eigenvalue weighted by Crippen LogP contribution is -2.58. The summed E-state index contributed by atoms with van der Waals surface area (Å²) in [5, 5.41) is 14.8. The Morgan fingerprint density at radius 1 is 1.23 bits per heavy atom. The number of urea groups is 1. The number of carbonyl (C=O) groups excluding carboxylic acids is 3. The maximum absolute atomic E-state index is 12.2. The van der Waals surface area contributed by atoms with Crippen LogP contribution in [-0.2, 0) is 9.59 Å². The number of carbonyl (C=O) groups is 3. The lowest BCUT2D eigenvalue weighted by atomic mass is 10.2. The summed E-state index contributed by atoms with van der Waals surface area (Å²) in [7, 11) is 0. The number of nitrogens with zero attached hydrogens (tertiary/aromatic N) is 2. The lowest BCUT2D eigenvalue weighted by Gasteiger charge is -2.31. The van der Waals surface area contributed by atoms with Gasteiger partial charge < -0.3 is 15.3 Å². The summed E-state index contributed by atoms with van der Waals surface area (Å²) in [6.07, 6.45) is -0.875. The zero-order chi connectivity index (χ0) is 18.7. The highest BCUT2D eigenvalue weighted by atomic mass is 32.1. The number of likely N-dealkylation sites (N-methyl/N-ethyl adjacent to an activating group) is 1. The summed E-state index contributed by atoms with van der Waals surface area (Å²) in [5.41, 5.74) is 0. The average Bonchev–Trinajstić information content (AvgIpc) is 3.32. The summed E-state index contributed by atoms with van der Waals surface area (Å²) >= 11 is 3.08. The van der Waals surface area contributed by atoms with Gasteiger partial charge in [-0.2, -0.15) is 0 Å². The van der Waals surface area contributed by atoms with Crippen molar-refractivity contribution < 1.29 is 19.5 Å². The quantitative estimate of drug-likeness (QED) is 0.760. The van der Waals surface area contributed by atoms with Gasteiger partial charge in [-0.05, 0) is 30.5 Å². The van der Waals surface area contributed by atoms with Crippen molar-refractivity contribution in [2.75, 3.05) is 26.2 Å². The molecular formula is C17H19N3O4S2. The Bertz CT molecular complexity index is 803. The van der Waals surface area contributed by atoms with Crippen molar-refractivity contribution in [3.63, 3.8) is 0 Å². The normalized spacial score (nSPS) is 16.1. The minimum absolute atomic E-state index is 0.0291. The molecule has 1 saturated heterocycles. The molecule has 9 heteroatoms. The molecule has 1 unspecified atom stereocenters. The molecule has 0 radical (unpaired) electrons. The fraction of sp³-hybridized carbons (Fsp3) is 0.353. The van der Waals surface area contributed by atoms with E-state index in [9.17, 15) is 19.5 Å². The molecule has 1 aliphatic rings. The van der Waals surface area contributed by atoms with E-state index in [0.717, 1.165) is 19.5 Å². The Hall–Kier alpha value is -2.23. The highest BCUT2D eigenvalue weighted by Gasteiger charge is 2.35. The molecule has 0 aliphatic carbocycles. The zero-order valence-electron chi connectivity index (χ0n) is 14.2. The molecule has 0 saturated carbocycles.